The van der Waals surface area contributed by atoms with Crippen molar-refractivity contribution in [3.8, 4) is 0 Å². The highest BCUT2D eigenvalue weighted by Crippen LogP contribution is 2.23. The molecule has 1 amide bonds. The third-order valence-corrected chi connectivity index (χ3v) is 5.05. The van der Waals surface area contributed by atoms with Gasteiger partial charge in [-0.3, -0.25) is 0 Å². The van der Waals surface area contributed by atoms with Gasteiger partial charge in [-0.2, -0.15) is 0 Å². The molecule has 134 valence electrons. The van der Waals surface area contributed by atoms with Gasteiger partial charge in [-0.15, -0.1) is 0 Å². The molecule has 1 aliphatic heterocycles. The Balaban J connectivity index is 1.65. The summed E-state index contributed by atoms with van der Waals surface area (Å²) >= 11 is 3.61. The third-order valence-electron chi connectivity index (χ3n) is 4.17. The standard InChI is InChI=1S/C17H30BrNO4/c1-17(2,3)23-16(20)19-11-14(18)15(12-19)22-10-9-21-13-7-5-4-6-8-13/h13-15H,4-12H2,1-3H3. The van der Waals surface area contributed by atoms with Gasteiger partial charge < -0.3 is 19.1 Å². The van der Waals surface area contributed by atoms with E-state index in [0.29, 0.717) is 32.4 Å². The van der Waals surface area contributed by atoms with Crippen LogP contribution in [0.1, 0.15) is 52.9 Å². The van der Waals surface area contributed by atoms with Gasteiger partial charge in [0.2, 0.25) is 0 Å². The molecule has 1 saturated carbocycles. The molecule has 1 saturated heterocycles. The molecule has 2 rings (SSSR count). The molecule has 1 aliphatic carbocycles. The van der Waals surface area contributed by atoms with Crippen molar-refractivity contribution >= 4 is 22.0 Å². The van der Waals surface area contributed by atoms with Gasteiger partial charge in [0.15, 0.2) is 0 Å². The zero-order valence-corrected chi connectivity index (χ0v) is 16.1. The molecule has 0 radical (unpaired) electrons. The lowest BCUT2D eigenvalue weighted by Crippen LogP contribution is -2.36. The number of rotatable bonds is 5. The van der Waals surface area contributed by atoms with E-state index in [9.17, 15) is 4.79 Å². The molecule has 6 heteroatoms. The maximum Gasteiger partial charge on any atom is 0.410 e. The van der Waals surface area contributed by atoms with E-state index in [1.807, 2.05) is 20.8 Å². The maximum atomic E-state index is 12.1. The summed E-state index contributed by atoms with van der Waals surface area (Å²) in [5, 5.41) is 0. The van der Waals surface area contributed by atoms with Crippen LogP contribution in [0.25, 0.3) is 0 Å². The van der Waals surface area contributed by atoms with Crippen LogP contribution in [-0.4, -0.2) is 59.9 Å². The lowest BCUT2D eigenvalue weighted by atomic mass is 9.98. The smallest absolute Gasteiger partial charge is 0.410 e. The number of carbonyl (C=O) groups excluding carboxylic acids is 1. The topological polar surface area (TPSA) is 48.0 Å². The summed E-state index contributed by atoms with van der Waals surface area (Å²) in [5.41, 5.74) is -0.467. The molecule has 0 aromatic heterocycles. The monoisotopic (exact) mass is 391 g/mol. The molecule has 2 atom stereocenters. The summed E-state index contributed by atoms with van der Waals surface area (Å²) in [7, 11) is 0. The second-order valence-electron chi connectivity index (χ2n) is 7.44. The molecule has 2 fully saturated rings. The van der Waals surface area contributed by atoms with Gasteiger partial charge in [-0.25, -0.2) is 4.79 Å². The first-order valence-electron chi connectivity index (χ1n) is 8.70. The van der Waals surface area contributed by atoms with E-state index in [1.54, 1.807) is 4.90 Å². The fourth-order valence-electron chi connectivity index (χ4n) is 3.01. The SMILES string of the molecule is CC(C)(C)OC(=O)N1CC(Br)C(OCCOC2CCCCC2)C1. The van der Waals surface area contributed by atoms with Crippen molar-refractivity contribution in [3.63, 3.8) is 0 Å². The van der Waals surface area contributed by atoms with E-state index in [-0.39, 0.29) is 17.0 Å². The average molecular weight is 392 g/mol. The summed E-state index contributed by atoms with van der Waals surface area (Å²) in [4.78, 5) is 13.9. The van der Waals surface area contributed by atoms with Crippen molar-refractivity contribution in [2.75, 3.05) is 26.3 Å². The molecule has 23 heavy (non-hydrogen) atoms. The highest BCUT2D eigenvalue weighted by Gasteiger charge is 2.36. The molecule has 1 heterocycles. The van der Waals surface area contributed by atoms with E-state index in [0.717, 1.165) is 0 Å². The van der Waals surface area contributed by atoms with Crippen molar-refractivity contribution in [1.82, 2.24) is 4.90 Å². The van der Waals surface area contributed by atoms with Crippen LogP contribution < -0.4 is 0 Å². The molecule has 0 aromatic rings. The Morgan fingerprint density at radius 2 is 1.74 bits per heavy atom. The highest BCUT2D eigenvalue weighted by atomic mass is 79.9. The highest BCUT2D eigenvalue weighted by molar-refractivity contribution is 9.09. The zero-order valence-electron chi connectivity index (χ0n) is 14.6. The lowest BCUT2D eigenvalue weighted by molar-refractivity contribution is -0.0290. The minimum Gasteiger partial charge on any atom is -0.444 e. The Labute approximate surface area is 148 Å². The van der Waals surface area contributed by atoms with Crippen LogP contribution in [0.5, 0.6) is 0 Å². The first-order chi connectivity index (χ1) is 10.8. The number of carbonyl (C=O) groups is 1. The molecular formula is C17H30BrNO4. The summed E-state index contributed by atoms with van der Waals surface area (Å²) in [6, 6.07) is 0. The molecule has 2 aliphatic rings. The van der Waals surface area contributed by atoms with E-state index < -0.39 is 5.60 Å². The first kappa shape index (κ1) is 19.0. The summed E-state index contributed by atoms with van der Waals surface area (Å²) in [5.74, 6) is 0. The van der Waals surface area contributed by atoms with E-state index in [1.165, 1.54) is 32.1 Å². The number of hydrogen-bond donors (Lipinski definition) is 0. The van der Waals surface area contributed by atoms with Crippen LogP contribution in [0.4, 0.5) is 4.79 Å². The van der Waals surface area contributed by atoms with Crippen molar-refractivity contribution in [1.29, 1.82) is 0 Å². The Morgan fingerprint density at radius 3 is 2.39 bits per heavy atom. The van der Waals surface area contributed by atoms with Crippen LogP contribution in [0.15, 0.2) is 0 Å². The van der Waals surface area contributed by atoms with Crippen LogP contribution in [0, 0.1) is 0 Å². The van der Waals surface area contributed by atoms with Gasteiger partial charge in [-0.1, -0.05) is 35.2 Å². The van der Waals surface area contributed by atoms with Crippen molar-refractivity contribution in [2.24, 2.45) is 0 Å². The summed E-state index contributed by atoms with van der Waals surface area (Å²) < 4.78 is 17.2. The average Bonchev–Trinajstić information content (AvgIpc) is 2.84. The van der Waals surface area contributed by atoms with Crippen molar-refractivity contribution in [2.45, 2.75) is 75.5 Å². The minimum absolute atomic E-state index is 0.00234. The zero-order chi connectivity index (χ0) is 16.9. The lowest BCUT2D eigenvalue weighted by Gasteiger charge is -2.24. The van der Waals surface area contributed by atoms with E-state index in [2.05, 4.69) is 15.9 Å². The number of likely N-dealkylation sites (tertiary alicyclic amines) is 1. The summed E-state index contributed by atoms with van der Waals surface area (Å²) in [6.45, 7) is 8.02. The van der Waals surface area contributed by atoms with Crippen molar-refractivity contribution < 1.29 is 19.0 Å². The van der Waals surface area contributed by atoms with E-state index in [4.69, 9.17) is 14.2 Å². The maximum absolute atomic E-state index is 12.1. The Hall–Kier alpha value is -0.330. The number of amides is 1. The largest absolute Gasteiger partial charge is 0.444 e. The van der Waals surface area contributed by atoms with Crippen LogP contribution >= 0.6 is 15.9 Å². The fraction of sp³-hybridized carbons (Fsp3) is 0.941. The van der Waals surface area contributed by atoms with Crippen LogP contribution in [0.3, 0.4) is 0 Å². The first-order valence-corrected chi connectivity index (χ1v) is 9.62. The number of nitrogens with zero attached hydrogens (tertiary/aromatic N) is 1. The molecule has 5 nitrogen and oxygen atoms in total. The van der Waals surface area contributed by atoms with Crippen LogP contribution in [-0.2, 0) is 14.2 Å². The Kier molecular flexibility index (Phi) is 7.17. The van der Waals surface area contributed by atoms with Gasteiger partial charge >= 0.3 is 6.09 Å². The predicted molar refractivity (Wildman–Crippen MR) is 93.1 cm³/mol. The fourth-order valence-corrected chi connectivity index (χ4v) is 3.68. The molecule has 0 N–H and O–H groups in total. The quantitative estimate of drug-likeness (QED) is 0.528. The van der Waals surface area contributed by atoms with Gasteiger partial charge in [-0.05, 0) is 33.6 Å². The van der Waals surface area contributed by atoms with Gasteiger partial charge in [0.05, 0.1) is 36.8 Å². The molecule has 0 bridgehead atoms. The number of alkyl halides is 1. The number of hydrogen-bond acceptors (Lipinski definition) is 4. The number of ether oxygens (including phenoxy) is 3. The van der Waals surface area contributed by atoms with Gasteiger partial charge in [0.1, 0.15) is 5.60 Å². The Morgan fingerprint density at radius 1 is 1.09 bits per heavy atom. The van der Waals surface area contributed by atoms with E-state index >= 15 is 0 Å². The molecule has 0 spiro atoms. The normalized spacial score (nSPS) is 26.5. The minimum atomic E-state index is -0.467. The Bertz CT molecular complexity index is 379. The second-order valence-corrected chi connectivity index (χ2v) is 8.62. The van der Waals surface area contributed by atoms with Gasteiger partial charge in [0.25, 0.3) is 0 Å². The van der Waals surface area contributed by atoms with Crippen molar-refractivity contribution in [3.05, 3.63) is 0 Å². The molecule has 0 aromatic carbocycles. The second kappa shape index (κ2) is 8.67. The predicted octanol–water partition coefficient (Wildman–Crippen LogP) is 3.74. The van der Waals surface area contributed by atoms with Crippen LogP contribution in [0.2, 0.25) is 0 Å². The summed E-state index contributed by atoms with van der Waals surface area (Å²) in [6.07, 6.45) is 6.39. The van der Waals surface area contributed by atoms with Gasteiger partial charge in [0, 0.05) is 6.54 Å². The molecular weight excluding hydrogens is 362 g/mol. The third kappa shape index (κ3) is 6.59. The number of halogens is 1. The molecule has 2 unspecified atom stereocenters.